The van der Waals surface area contributed by atoms with E-state index in [4.69, 9.17) is 0 Å². The van der Waals surface area contributed by atoms with E-state index in [9.17, 15) is 0 Å². The van der Waals surface area contributed by atoms with E-state index in [0.717, 1.165) is 12.7 Å². The van der Waals surface area contributed by atoms with Crippen molar-refractivity contribution in [2.75, 3.05) is 12.7 Å². The van der Waals surface area contributed by atoms with E-state index >= 15 is 0 Å². The Bertz CT molecular complexity index is 44.1. The summed E-state index contributed by atoms with van der Waals surface area (Å²) < 4.78 is 0.918. The van der Waals surface area contributed by atoms with Crippen molar-refractivity contribution in [2.24, 2.45) is 0 Å². The smallest absolute Gasteiger partial charge is 0.0286 e. The van der Waals surface area contributed by atoms with Crippen molar-refractivity contribution in [2.45, 2.75) is 3.92 Å². The van der Waals surface area contributed by atoms with Gasteiger partial charge in [0.1, 0.15) is 0 Å². The second-order valence-electron chi connectivity index (χ2n) is 1.36. The van der Waals surface area contributed by atoms with Gasteiger partial charge in [-0.1, -0.05) is 31.3 Å². The van der Waals surface area contributed by atoms with Crippen LogP contribution >= 0.6 is 31.3 Å². The van der Waals surface area contributed by atoms with Crippen LogP contribution in [-0.2, 0) is 0 Å². The highest BCUT2D eigenvalue weighted by Gasteiger charge is 2.07. The molecule has 1 aliphatic heterocycles. The summed E-state index contributed by atoms with van der Waals surface area (Å²) in [7, 11) is 1.03. The molecule has 0 aromatic rings. The van der Waals surface area contributed by atoms with E-state index in [2.05, 4.69) is 27.7 Å². The number of alkyl halides is 1. The van der Waals surface area contributed by atoms with E-state index in [0.29, 0.717) is 0 Å². The van der Waals surface area contributed by atoms with Crippen LogP contribution in [-0.4, -0.2) is 16.6 Å². The van der Waals surface area contributed by atoms with Gasteiger partial charge in [-0.15, -0.1) is 0 Å². The monoisotopic (exact) mass is 215 g/mol. The van der Waals surface area contributed by atoms with Gasteiger partial charge in [0.15, 0.2) is 0 Å². The third-order valence-electron chi connectivity index (χ3n) is 0.772. The number of hydrogen-bond acceptors (Lipinski definition) is 1. The molecule has 0 amide bonds. The highest BCUT2D eigenvalue weighted by atomic mass is 127. The molecule has 1 fully saturated rings. The predicted octanol–water partition coefficient (Wildman–Crippen LogP) is 0.987. The zero-order valence-corrected chi connectivity index (χ0v) is 6.53. The van der Waals surface area contributed by atoms with Gasteiger partial charge in [0.2, 0.25) is 0 Å². The molecule has 1 aliphatic rings. The number of rotatable bonds is 0. The Hall–Kier alpha value is 1.12. The molecule has 3 heteroatoms. The molecule has 2 unspecified atom stereocenters. The van der Waals surface area contributed by atoms with Gasteiger partial charge in [0.05, 0.1) is 0 Å². The predicted molar refractivity (Wildman–Crippen MR) is 39.0 cm³/mol. The van der Waals surface area contributed by atoms with Crippen LogP contribution in [0.15, 0.2) is 0 Å². The quantitative estimate of drug-likeness (QED) is 0.361. The van der Waals surface area contributed by atoms with E-state index in [-0.39, 0.29) is 0 Å². The molecule has 1 N–H and O–H groups in total. The fourth-order valence-corrected chi connectivity index (χ4v) is 2.64. The fraction of sp³-hybridized carbons (Fsp3) is 1.00. The van der Waals surface area contributed by atoms with Crippen molar-refractivity contribution < 1.29 is 0 Å². The standard InChI is InChI=1S/C3H7INP/c4-3-1-5-6-2-3/h3,5-6H,1-2H2. The molecule has 0 bridgehead atoms. The molecule has 2 atom stereocenters. The van der Waals surface area contributed by atoms with Crippen molar-refractivity contribution in [3.8, 4) is 0 Å². The third kappa shape index (κ3) is 1.32. The van der Waals surface area contributed by atoms with Gasteiger partial charge >= 0.3 is 0 Å². The van der Waals surface area contributed by atoms with Crippen molar-refractivity contribution in [3.05, 3.63) is 0 Å². The summed E-state index contributed by atoms with van der Waals surface area (Å²) >= 11 is 2.48. The highest BCUT2D eigenvalue weighted by Crippen LogP contribution is 2.18. The lowest BCUT2D eigenvalue weighted by Gasteiger charge is -1.87. The first-order valence-electron chi connectivity index (χ1n) is 1.99. The topological polar surface area (TPSA) is 12.0 Å². The molecule has 1 nitrogen and oxygen atoms in total. The Morgan fingerprint density at radius 2 is 2.67 bits per heavy atom. The first-order valence-corrected chi connectivity index (χ1v) is 4.44. The highest BCUT2D eigenvalue weighted by molar-refractivity contribution is 14.1. The van der Waals surface area contributed by atoms with Crippen LogP contribution in [0.3, 0.4) is 0 Å². The van der Waals surface area contributed by atoms with Crippen LogP contribution in [0, 0.1) is 0 Å². The van der Waals surface area contributed by atoms with Gasteiger partial charge in [-0.25, -0.2) is 0 Å². The summed E-state index contributed by atoms with van der Waals surface area (Å²) in [6.07, 6.45) is 1.39. The third-order valence-corrected chi connectivity index (χ3v) is 3.63. The number of hydrogen-bond donors (Lipinski definition) is 1. The Kier molecular flexibility index (Phi) is 2.13. The van der Waals surface area contributed by atoms with Gasteiger partial charge in [-0.05, 0) is 6.16 Å². The first kappa shape index (κ1) is 5.26. The van der Waals surface area contributed by atoms with Gasteiger partial charge in [-0.2, -0.15) is 0 Å². The van der Waals surface area contributed by atoms with E-state index < -0.39 is 0 Å². The minimum atomic E-state index is 0.918. The summed E-state index contributed by atoms with van der Waals surface area (Å²) in [4.78, 5) is 0. The molecule has 0 aromatic heterocycles. The maximum atomic E-state index is 3.29. The Labute approximate surface area is 53.2 Å². The van der Waals surface area contributed by atoms with Gasteiger partial charge in [0, 0.05) is 10.5 Å². The maximum Gasteiger partial charge on any atom is 0.0286 e. The molecule has 36 valence electrons. The molecule has 6 heavy (non-hydrogen) atoms. The van der Waals surface area contributed by atoms with Crippen LogP contribution in [0.4, 0.5) is 0 Å². The van der Waals surface area contributed by atoms with Crippen LogP contribution in [0.25, 0.3) is 0 Å². The fourth-order valence-electron chi connectivity index (χ4n) is 0.438. The average Bonchev–Trinajstić information content (AvgIpc) is 1.86. The van der Waals surface area contributed by atoms with Crippen LogP contribution in [0.5, 0.6) is 0 Å². The van der Waals surface area contributed by atoms with Crippen LogP contribution in [0.1, 0.15) is 0 Å². The molecule has 1 heterocycles. The summed E-state index contributed by atoms with van der Waals surface area (Å²) in [5.74, 6) is 0. The second-order valence-corrected chi connectivity index (χ2v) is 4.24. The summed E-state index contributed by atoms with van der Waals surface area (Å²) in [6.45, 7) is 1.24. The lowest BCUT2D eigenvalue weighted by Crippen LogP contribution is -2.04. The van der Waals surface area contributed by atoms with Crippen molar-refractivity contribution in [1.29, 1.82) is 0 Å². The van der Waals surface area contributed by atoms with E-state index in [1.807, 2.05) is 0 Å². The lowest BCUT2D eigenvalue weighted by molar-refractivity contribution is 0.984. The molecule has 1 rings (SSSR count). The number of nitrogens with one attached hydrogen (secondary N) is 1. The minimum Gasteiger partial charge on any atom is -0.297 e. The van der Waals surface area contributed by atoms with E-state index in [1.165, 1.54) is 12.7 Å². The summed E-state index contributed by atoms with van der Waals surface area (Å²) in [5.41, 5.74) is 0. The van der Waals surface area contributed by atoms with Gasteiger partial charge in [-0.3, -0.25) is 5.09 Å². The second kappa shape index (κ2) is 2.43. The minimum absolute atomic E-state index is 0.918. The van der Waals surface area contributed by atoms with Crippen LogP contribution < -0.4 is 5.09 Å². The van der Waals surface area contributed by atoms with Crippen molar-refractivity contribution in [1.82, 2.24) is 5.09 Å². The lowest BCUT2D eigenvalue weighted by atomic mass is 10.5. The zero-order valence-electron chi connectivity index (χ0n) is 3.37. The Morgan fingerprint density at radius 1 is 1.83 bits per heavy atom. The van der Waals surface area contributed by atoms with Gasteiger partial charge in [0.25, 0.3) is 0 Å². The van der Waals surface area contributed by atoms with Crippen LogP contribution in [0.2, 0.25) is 0 Å². The molecular formula is C3H7INP. The molecule has 0 aliphatic carbocycles. The molecule has 0 spiro atoms. The Morgan fingerprint density at radius 3 is 2.83 bits per heavy atom. The summed E-state index contributed by atoms with van der Waals surface area (Å²) in [5, 5.41) is 3.29. The molecule has 0 saturated carbocycles. The summed E-state index contributed by atoms with van der Waals surface area (Å²) in [6, 6.07) is 0. The number of halogens is 1. The Balaban J connectivity index is 2.18. The van der Waals surface area contributed by atoms with Gasteiger partial charge < -0.3 is 0 Å². The molecule has 0 aromatic carbocycles. The zero-order chi connectivity index (χ0) is 4.41. The first-order chi connectivity index (χ1) is 2.89. The van der Waals surface area contributed by atoms with Crippen molar-refractivity contribution >= 4 is 31.3 Å². The van der Waals surface area contributed by atoms with Crippen molar-refractivity contribution in [3.63, 3.8) is 0 Å². The maximum absolute atomic E-state index is 3.29. The normalized spacial score (nSPS) is 38.5. The largest absolute Gasteiger partial charge is 0.297 e. The average molecular weight is 215 g/mol. The SMILES string of the molecule is IC1CNPC1. The van der Waals surface area contributed by atoms with E-state index in [1.54, 1.807) is 0 Å². The molecular weight excluding hydrogens is 208 g/mol. The molecule has 1 saturated heterocycles. The molecule has 0 radical (unpaired) electrons.